The lowest BCUT2D eigenvalue weighted by Gasteiger charge is -2.22. The highest BCUT2D eigenvalue weighted by Gasteiger charge is 2.40. The first-order chi connectivity index (χ1) is 8.41. The van der Waals surface area contributed by atoms with Crippen molar-refractivity contribution in [3.63, 3.8) is 0 Å². The van der Waals surface area contributed by atoms with Crippen LogP contribution in [0.2, 0.25) is 0 Å². The number of carbonyl (C=O) groups is 1. The molecule has 1 unspecified atom stereocenters. The maximum Gasteiger partial charge on any atom is 0.251 e. The van der Waals surface area contributed by atoms with Gasteiger partial charge < -0.3 is 5.73 Å². The highest BCUT2D eigenvalue weighted by molar-refractivity contribution is 6.10. The summed E-state index contributed by atoms with van der Waals surface area (Å²) in [6.45, 7) is 9.87. The van der Waals surface area contributed by atoms with E-state index in [1.54, 1.807) is 5.01 Å². The van der Waals surface area contributed by atoms with Crippen molar-refractivity contribution in [1.82, 2.24) is 5.01 Å². The lowest BCUT2D eigenvalue weighted by molar-refractivity contribution is -0.132. The van der Waals surface area contributed by atoms with Crippen LogP contribution in [-0.4, -0.2) is 29.7 Å². The second kappa shape index (κ2) is 6.32. The fourth-order valence-electron chi connectivity index (χ4n) is 2.27. The van der Waals surface area contributed by atoms with Crippen LogP contribution in [0.3, 0.4) is 0 Å². The second-order valence-electron chi connectivity index (χ2n) is 6.03. The summed E-state index contributed by atoms with van der Waals surface area (Å²) in [5.74, 6) is 0.118. The van der Waals surface area contributed by atoms with E-state index in [2.05, 4.69) is 32.8 Å². The largest absolute Gasteiger partial charge is 0.330 e. The van der Waals surface area contributed by atoms with E-state index in [0.29, 0.717) is 6.54 Å². The fourth-order valence-corrected chi connectivity index (χ4v) is 2.27. The Labute approximate surface area is 111 Å². The molecule has 1 atom stereocenters. The Bertz CT molecular complexity index is 317. The molecule has 0 aromatic carbocycles. The molecule has 0 aliphatic carbocycles. The van der Waals surface area contributed by atoms with Gasteiger partial charge in [-0.05, 0) is 25.8 Å². The van der Waals surface area contributed by atoms with Gasteiger partial charge in [0.1, 0.15) is 0 Å². The first kappa shape index (κ1) is 15.2. The molecule has 1 rings (SSSR count). The quantitative estimate of drug-likeness (QED) is 0.790. The van der Waals surface area contributed by atoms with Crippen molar-refractivity contribution in [1.29, 1.82) is 0 Å². The van der Waals surface area contributed by atoms with Crippen LogP contribution < -0.4 is 5.73 Å². The number of amides is 1. The maximum atomic E-state index is 12.3. The van der Waals surface area contributed by atoms with Gasteiger partial charge in [0.25, 0.3) is 5.91 Å². The molecule has 0 bridgehead atoms. The Morgan fingerprint density at radius 3 is 2.50 bits per heavy atom. The molecule has 0 radical (unpaired) electrons. The van der Waals surface area contributed by atoms with Gasteiger partial charge in [-0.15, -0.1) is 0 Å². The topological polar surface area (TPSA) is 58.7 Å². The molecule has 0 saturated carbocycles. The molecule has 4 nitrogen and oxygen atoms in total. The third-order valence-corrected chi connectivity index (χ3v) is 3.30. The standard InChI is InChI=1S/C14H27N3O/c1-5-6-10-17-13(18)11(8-7-9-15)12(16-17)14(2,3)4/h11H,5-10,15H2,1-4H3. The zero-order valence-electron chi connectivity index (χ0n) is 12.2. The molecule has 1 amide bonds. The molecule has 1 aliphatic heterocycles. The molecule has 0 fully saturated rings. The predicted octanol–water partition coefficient (Wildman–Crippen LogP) is 2.39. The number of nitrogens with two attached hydrogens (primary N) is 1. The summed E-state index contributed by atoms with van der Waals surface area (Å²) in [7, 11) is 0. The van der Waals surface area contributed by atoms with Crippen molar-refractivity contribution < 1.29 is 4.79 Å². The molecule has 1 heterocycles. The number of hydrogen-bond donors (Lipinski definition) is 1. The number of nitrogens with zero attached hydrogens (tertiary/aromatic N) is 2. The SMILES string of the molecule is CCCCN1N=C(C(C)(C)C)C(CCCN)C1=O. The Balaban J connectivity index is 2.82. The van der Waals surface area contributed by atoms with Crippen molar-refractivity contribution in [3.8, 4) is 0 Å². The Hall–Kier alpha value is -0.900. The van der Waals surface area contributed by atoms with Crippen molar-refractivity contribution >= 4 is 11.6 Å². The minimum Gasteiger partial charge on any atom is -0.330 e. The first-order valence-electron chi connectivity index (χ1n) is 7.02. The third-order valence-electron chi connectivity index (χ3n) is 3.30. The lowest BCUT2D eigenvalue weighted by atomic mass is 9.80. The van der Waals surface area contributed by atoms with Gasteiger partial charge >= 0.3 is 0 Å². The summed E-state index contributed by atoms with van der Waals surface area (Å²) in [5, 5.41) is 6.24. The molecule has 2 N–H and O–H groups in total. The Morgan fingerprint density at radius 1 is 1.33 bits per heavy atom. The number of rotatable bonds is 6. The van der Waals surface area contributed by atoms with Crippen LogP contribution in [0.4, 0.5) is 0 Å². The smallest absolute Gasteiger partial charge is 0.251 e. The predicted molar refractivity (Wildman–Crippen MR) is 75.3 cm³/mol. The van der Waals surface area contributed by atoms with Gasteiger partial charge in [-0.1, -0.05) is 34.1 Å². The van der Waals surface area contributed by atoms with Crippen LogP contribution in [0.25, 0.3) is 0 Å². The van der Waals surface area contributed by atoms with E-state index < -0.39 is 0 Å². The van der Waals surface area contributed by atoms with Gasteiger partial charge in [-0.3, -0.25) is 4.79 Å². The molecule has 0 aromatic heterocycles. The van der Waals surface area contributed by atoms with E-state index in [9.17, 15) is 4.79 Å². The summed E-state index contributed by atoms with van der Waals surface area (Å²) < 4.78 is 0. The van der Waals surface area contributed by atoms with Crippen molar-refractivity contribution in [2.45, 2.75) is 53.4 Å². The van der Waals surface area contributed by atoms with Crippen LogP contribution in [0.15, 0.2) is 5.10 Å². The summed E-state index contributed by atoms with van der Waals surface area (Å²) >= 11 is 0. The van der Waals surface area contributed by atoms with Crippen molar-refractivity contribution in [3.05, 3.63) is 0 Å². The van der Waals surface area contributed by atoms with E-state index in [1.807, 2.05) is 0 Å². The summed E-state index contributed by atoms with van der Waals surface area (Å²) in [5.41, 5.74) is 6.54. The minimum absolute atomic E-state index is 0.0457. The first-order valence-corrected chi connectivity index (χ1v) is 7.02. The van der Waals surface area contributed by atoms with Gasteiger partial charge in [0.05, 0.1) is 11.6 Å². The molecule has 0 spiro atoms. The number of hydrazone groups is 1. The average molecular weight is 253 g/mol. The number of unbranched alkanes of at least 4 members (excludes halogenated alkanes) is 1. The number of hydrogen-bond acceptors (Lipinski definition) is 3. The van der Waals surface area contributed by atoms with Crippen LogP contribution in [0.1, 0.15) is 53.4 Å². The van der Waals surface area contributed by atoms with Crippen LogP contribution in [0, 0.1) is 11.3 Å². The highest BCUT2D eigenvalue weighted by Crippen LogP contribution is 2.31. The zero-order chi connectivity index (χ0) is 13.8. The van der Waals surface area contributed by atoms with E-state index in [0.717, 1.165) is 37.9 Å². The second-order valence-corrected chi connectivity index (χ2v) is 6.03. The number of carbonyl (C=O) groups excluding carboxylic acids is 1. The van der Waals surface area contributed by atoms with Crippen LogP contribution in [0.5, 0.6) is 0 Å². The van der Waals surface area contributed by atoms with Crippen molar-refractivity contribution in [2.24, 2.45) is 22.2 Å². The molecular formula is C14H27N3O. The molecule has 0 saturated heterocycles. The van der Waals surface area contributed by atoms with E-state index >= 15 is 0 Å². The zero-order valence-corrected chi connectivity index (χ0v) is 12.2. The molecule has 4 heteroatoms. The summed E-state index contributed by atoms with van der Waals surface area (Å²) in [6, 6.07) is 0. The molecule has 18 heavy (non-hydrogen) atoms. The summed E-state index contributed by atoms with van der Waals surface area (Å²) in [6.07, 6.45) is 3.80. The van der Waals surface area contributed by atoms with Gasteiger partial charge in [0.2, 0.25) is 0 Å². The lowest BCUT2D eigenvalue weighted by Crippen LogP contribution is -2.32. The molecular weight excluding hydrogens is 226 g/mol. The van der Waals surface area contributed by atoms with Gasteiger partial charge in [0.15, 0.2) is 0 Å². The van der Waals surface area contributed by atoms with Crippen LogP contribution in [-0.2, 0) is 4.79 Å². The maximum absolute atomic E-state index is 12.3. The highest BCUT2D eigenvalue weighted by atomic mass is 16.2. The molecule has 0 aromatic rings. The van der Waals surface area contributed by atoms with E-state index in [4.69, 9.17) is 5.73 Å². The average Bonchev–Trinajstić information content (AvgIpc) is 2.61. The third kappa shape index (κ3) is 3.55. The van der Waals surface area contributed by atoms with E-state index in [-0.39, 0.29) is 17.2 Å². The van der Waals surface area contributed by atoms with Gasteiger partial charge in [0, 0.05) is 12.0 Å². The minimum atomic E-state index is -0.0505. The Kier molecular flexibility index (Phi) is 5.32. The fraction of sp³-hybridized carbons (Fsp3) is 0.857. The van der Waals surface area contributed by atoms with Gasteiger partial charge in [-0.2, -0.15) is 5.10 Å². The van der Waals surface area contributed by atoms with Crippen LogP contribution >= 0.6 is 0 Å². The van der Waals surface area contributed by atoms with Crippen molar-refractivity contribution in [2.75, 3.05) is 13.1 Å². The van der Waals surface area contributed by atoms with Gasteiger partial charge in [-0.25, -0.2) is 5.01 Å². The molecule has 104 valence electrons. The van der Waals surface area contributed by atoms with E-state index in [1.165, 1.54) is 0 Å². The molecule has 1 aliphatic rings. The monoisotopic (exact) mass is 253 g/mol. The normalized spacial score (nSPS) is 20.5. The Morgan fingerprint density at radius 2 is 2.00 bits per heavy atom. The summed E-state index contributed by atoms with van der Waals surface area (Å²) in [4.78, 5) is 12.3.